The molecule has 0 saturated carbocycles. The fourth-order valence-electron chi connectivity index (χ4n) is 3.01. The first-order valence-corrected chi connectivity index (χ1v) is 7.70. The van der Waals surface area contributed by atoms with Crippen molar-refractivity contribution >= 4 is 0 Å². The van der Waals surface area contributed by atoms with Gasteiger partial charge in [0.2, 0.25) is 0 Å². The van der Waals surface area contributed by atoms with Crippen LogP contribution in [0.4, 0.5) is 0 Å². The number of aromatic amines is 1. The van der Waals surface area contributed by atoms with E-state index in [4.69, 9.17) is 4.74 Å². The summed E-state index contributed by atoms with van der Waals surface area (Å²) < 4.78 is 6.03. The van der Waals surface area contributed by atoms with Crippen LogP contribution >= 0.6 is 0 Å². The van der Waals surface area contributed by atoms with Crippen LogP contribution in [-0.2, 0) is 11.3 Å². The maximum Gasteiger partial charge on any atom is 0.0865 e. The van der Waals surface area contributed by atoms with Gasteiger partial charge in [-0.1, -0.05) is 30.3 Å². The molecule has 4 nitrogen and oxygen atoms in total. The molecule has 2 heterocycles. The number of rotatable bonds is 5. The predicted molar refractivity (Wildman–Crippen MR) is 82.9 cm³/mol. The molecule has 1 aliphatic heterocycles. The largest absolute Gasteiger partial charge is 0.373 e. The summed E-state index contributed by atoms with van der Waals surface area (Å²) in [6.07, 6.45) is 4.49. The number of nitrogens with zero attached hydrogens (tertiary/aromatic N) is 1. The monoisotopic (exact) mass is 285 g/mol. The number of H-pyrrole nitrogens is 1. The Morgan fingerprint density at radius 2 is 2.19 bits per heavy atom. The molecule has 2 aromatic rings. The topological polar surface area (TPSA) is 49.9 Å². The van der Waals surface area contributed by atoms with Crippen LogP contribution in [0.15, 0.2) is 36.5 Å². The Balaban J connectivity index is 1.59. The van der Waals surface area contributed by atoms with Crippen molar-refractivity contribution in [1.29, 1.82) is 0 Å². The Morgan fingerprint density at radius 1 is 1.33 bits per heavy atom. The molecule has 0 aliphatic carbocycles. The molecule has 1 aromatic carbocycles. The van der Waals surface area contributed by atoms with Crippen molar-refractivity contribution in [3.05, 3.63) is 53.3 Å². The summed E-state index contributed by atoms with van der Waals surface area (Å²) in [5.41, 5.74) is 3.67. The van der Waals surface area contributed by atoms with Gasteiger partial charge in [0.05, 0.1) is 12.3 Å². The zero-order chi connectivity index (χ0) is 14.5. The zero-order valence-corrected chi connectivity index (χ0v) is 12.5. The maximum absolute atomic E-state index is 6.03. The van der Waals surface area contributed by atoms with E-state index in [1.54, 1.807) is 0 Å². The number of benzene rings is 1. The second-order valence-electron chi connectivity index (χ2n) is 5.76. The van der Waals surface area contributed by atoms with Gasteiger partial charge in [-0.15, -0.1) is 0 Å². The van der Waals surface area contributed by atoms with Gasteiger partial charge in [-0.05, 0) is 25.3 Å². The van der Waals surface area contributed by atoms with Crippen LogP contribution in [-0.4, -0.2) is 23.3 Å². The molecule has 0 amide bonds. The van der Waals surface area contributed by atoms with Gasteiger partial charge in [0, 0.05) is 36.9 Å². The van der Waals surface area contributed by atoms with Crippen LogP contribution < -0.4 is 5.32 Å². The van der Waals surface area contributed by atoms with Gasteiger partial charge in [0.15, 0.2) is 0 Å². The van der Waals surface area contributed by atoms with Crippen molar-refractivity contribution in [2.24, 2.45) is 5.92 Å². The fraction of sp³-hybridized carbons (Fsp3) is 0.471. The highest BCUT2D eigenvalue weighted by Crippen LogP contribution is 2.33. The summed E-state index contributed by atoms with van der Waals surface area (Å²) in [6, 6.07) is 10.6. The van der Waals surface area contributed by atoms with E-state index in [0.717, 1.165) is 31.8 Å². The number of nitrogens with one attached hydrogen (secondary N) is 2. The Kier molecular flexibility index (Phi) is 4.68. The summed E-state index contributed by atoms with van der Waals surface area (Å²) in [5, 5.41) is 10.6. The number of hydrogen-bond acceptors (Lipinski definition) is 3. The number of hydrogen-bond donors (Lipinski definition) is 2. The number of aromatic nitrogens is 2. The first-order valence-electron chi connectivity index (χ1n) is 7.70. The maximum atomic E-state index is 6.03. The molecule has 4 heteroatoms. The molecule has 0 bridgehead atoms. The molecule has 1 fully saturated rings. The van der Waals surface area contributed by atoms with Crippen LogP contribution in [0.5, 0.6) is 0 Å². The van der Waals surface area contributed by atoms with Gasteiger partial charge in [0.1, 0.15) is 0 Å². The minimum Gasteiger partial charge on any atom is -0.373 e. The van der Waals surface area contributed by atoms with Crippen molar-refractivity contribution in [1.82, 2.24) is 15.5 Å². The summed E-state index contributed by atoms with van der Waals surface area (Å²) in [7, 11) is 0. The fourth-order valence-corrected chi connectivity index (χ4v) is 3.01. The van der Waals surface area contributed by atoms with Gasteiger partial charge in [-0.25, -0.2) is 0 Å². The molecule has 1 aliphatic rings. The van der Waals surface area contributed by atoms with Crippen LogP contribution in [0.1, 0.15) is 35.8 Å². The summed E-state index contributed by atoms with van der Waals surface area (Å²) in [6.45, 7) is 4.77. The quantitative estimate of drug-likeness (QED) is 0.888. The van der Waals surface area contributed by atoms with E-state index in [1.165, 1.54) is 17.5 Å². The highest BCUT2D eigenvalue weighted by atomic mass is 16.5. The third kappa shape index (κ3) is 3.52. The third-order valence-corrected chi connectivity index (χ3v) is 4.23. The van der Waals surface area contributed by atoms with E-state index in [9.17, 15) is 0 Å². The highest BCUT2D eigenvalue weighted by molar-refractivity contribution is 5.19. The Hall–Kier alpha value is -1.65. The van der Waals surface area contributed by atoms with E-state index in [0.29, 0.717) is 5.92 Å². The number of ether oxygens (including phenoxy) is 1. The molecule has 0 unspecified atom stereocenters. The van der Waals surface area contributed by atoms with Gasteiger partial charge < -0.3 is 10.1 Å². The first kappa shape index (κ1) is 14.3. The molecule has 0 radical (unpaired) electrons. The molecule has 3 rings (SSSR count). The molecule has 1 saturated heterocycles. The third-order valence-electron chi connectivity index (χ3n) is 4.23. The normalized spacial score (nSPS) is 22.3. The van der Waals surface area contributed by atoms with Crippen molar-refractivity contribution in [2.75, 3.05) is 13.2 Å². The van der Waals surface area contributed by atoms with E-state index < -0.39 is 0 Å². The second-order valence-corrected chi connectivity index (χ2v) is 5.76. The van der Waals surface area contributed by atoms with Gasteiger partial charge in [-0.3, -0.25) is 5.10 Å². The summed E-state index contributed by atoms with van der Waals surface area (Å²) in [5.74, 6) is 0.536. The average molecular weight is 285 g/mol. The molecular formula is C17H23N3O. The molecule has 2 N–H and O–H groups in total. The molecule has 112 valence electrons. The second kappa shape index (κ2) is 6.87. The minimum absolute atomic E-state index is 0.220. The van der Waals surface area contributed by atoms with E-state index >= 15 is 0 Å². The first-order chi connectivity index (χ1) is 10.3. The summed E-state index contributed by atoms with van der Waals surface area (Å²) >= 11 is 0. The van der Waals surface area contributed by atoms with E-state index in [-0.39, 0.29) is 6.10 Å². The van der Waals surface area contributed by atoms with Crippen LogP contribution in [0, 0.1) is 12.8 Å². The lowest BCUT2D eigenvalue weighted by Gasteiger charge is -2.32. The smallest absolute Gasteiger partial charge is 0.0865 e. The molecular weight excluding hydrogens is 262 g/mol. The average Bonchev–Trinajstić information content (AvgIpc) is 2.94. The van der Waals surface area contributed by atoms with Crippen molar-refractivity contribution in [2.45, 2.75) is 32.4 Å². The van der Waals surface area contributed by atoms with Crippen LogP contribution in [0.25, 0.3) is 0 Å². The highest BCUT2D eigenvalue weighted by Gasteiger charge is 2.26. The van der Waals surface area contributed by atoms with Crippen LogP contribution in [0.2, 0.25) is 0 Å². The van der Waals surface area contributed by atoms with Crippen molar-refractivity contribution in [3.63, 3.8) is 0 Å². The van der Waals surface area contributed by atoms with Crippen molar-refractivity contribution in [3.8, 4) is 0 Å². The Bertz CT molecular complexity index is 552. The summed E-state index contributed by atoms with van der Waals surface area (Å²) in [4.78, 5) is 0. The lowest BCUT2D eigenvalue weighted by molar-refractivity contribution is -0.0278. The van der Waals surface area contributed by atoms with Gasteiger partial charge in [0.25, 0.3) is 0 Å². The van der Waals surface area contributed by atoms with E-state index in [2.05, 4.69) is 52.8 Å². The number of aryl methyl sites for hydroxylation is 1. The SMILES string of the molecule is Cc1[nH]ncc1CNC[C@H]1CCCO[C@H]1c1ccccc1. The molecule has 21 heavy (non-hydrogen) atoms. The van der Waals surface area contributed by atoms with E-state index in [1.807, 2.05) is 6.20 Å². The van der Waals surface area contributed by atoms with Gasteiger partial charge >= 0.3 is 0 Å². The lowest BCUT2D eigenvalue weighted by atomic mass is 9.89. The van der Waals surface area contributed by atoms with Gasteiger partial charge in [-0.2, -0.15) is 5.10 Å². The Labute approximate surface area is 125 Å². The van der Waals surface area contributed by atoms with Crippen LogP contribution in [0.3, 0.4) is 0 Å². The standard InChI is InChI=1S/C17H23N3O/c1-13-16(12-19-20-13)11-18-10-15-8-5-9-21-17(15)14-6-3-2-4-7-14/h2-4,6-7,12,15,17-18H,5,8-11H2,1H3,(H,19,20)/t15-,17+/m1/s1. The Morgan fingerprint density at radius 3 is 2.95 bits per heavy atom. The zero-order valence-electron chi connectivity index (χ0n) is 12.5. The predicted octanol–water partition coefficient (Wildman–Crippen LogP) is 2.98. The molecule has 0 spiro atoms. The lowest BCUT2D eigenvalue weighted by Crippen LogP contribution is -2.31. The molecule has 1 aromatic heterocycles. The minimum atomic E-state index is 0.220. The molecule has 2 atom stereocenters. The van der Waals surface area contributed by atoms with Crippen molar-refractivity contribution < 1.29 is 4.74 Å².